The van der Waals surface area contributed by atoms with Crippen LogP contribution in [0.25, 0.3) is 0 Å². The fourth-order valence-corrected chi connectivity index (χ4v) is 2.87. The molecule has 0 aromatic heterocycles. The molecule has 0 spiro atoms. The van der Waals surface area contributed by atoms with Gasteiger partial charge in [-0.05, 0) is 25.0 Å². The molecule has 1 fully saturated rings. The molecule has 90 valence electrons. The van der Waals surface area contributed by atoms with Crippen LogP contribution in [-0.4, -0.2) is 16.3 Å². The Balaban J connectivity index is 2.61. The predicted molar refractivity (Wildman–Crippen MR) is 65.7 cm³/mol. The normalized spacial score (nSPS) is 17.7. The Morgan fingerprint density at radius 3 is 2.53 bits per heavy atom. The first kappa shape index (κ1) is 12.1. The van der Waals surface area contributed by atoms with Crippen LogP contribution in [0.5, 0.6) is 11.5 Å². The van der Waals surface area contributed by atoms with Crippen LogP contribution in [0.1, 0.15) is 31.2 Å². The molecule has 0 heterocycles. The van der Waals surface area contributed by atoms with Crippen LogP contribution in [-0.2, 0) is 10.3 Å². The van der Waals surface area contributed by atoms with Gasteiger partial charge in [0.05, 0.1) is 0 Å². The first-order valence-corrected chi connectivity index (χ1v) is 6.19. The maximum atomic E-state index is 10.6. The first-order chi connectivity index (χ1) is 8.09. The zero-order chi connectivity index (χ0) is 12.5. The fourth-order valence-electron chi connectivity index (χ4n) is 2.43. The number of rotatable bonds is 2. The van der Waals surface area contributed by atoms with Crippen molar-refractivity contribution in [3.05, 3.63) is 22.2 Å². The highest BCUT2D eigenvalue weighted by Crippen LogP contribution is 2.48. The summed E-state index contributed by atoms with van der Waals surface area (Å²) in [5, 5.41) is 19.5. The molecule has 0 bridgehead atoms. The van der Waals surface area contributed by atoms with E-state index >= 15 is 0 Å². The molecule has 0 amide bonds. The Bertz CT molecular complexity index is 489. The second kappa shape index (κ2) is 4.51. The molecule has 0 saturated heterocycles. The molecule has 2 N–H and O–H groups in total. The van der Waals surface area contributed by atoms with E-state index in [9.17, 15) is 15.0 Å². The molecule has 1 aliphatic rings. The minimum atomic E-state index is -0.729. The lowest BCUT2D eigenvalue weighted by Gasteiger charge is -2.24. The molecule has 0 aliphatic heterocycles. The summed E-state index contributed by atoms with van der Waals surface area (Å²) in [7, 11) is 0. The van der Waals surface area contributed by atoms with Crippen LogP contribution in [0.15, 0.2) is 21.6 Å². The third-order valence-corrected chi connectivity index (χ3v) is 3.70. The van der Waals surface area contributed by atoms with Gasteiger partial charge >= 0.3 is 0 Å². The lowest BCUT2D eigenvalue weighted by atomic mass is 9.88. The summed E-state index contributed by atoms with van der Waals surface area (Å²) < 4.78 is 0.648. The number of aromatic hydroxyl groups is 2. The summed E-state index contributed by atoms with van der Waals surface area (Å²) in [4.78, 5) is 14.4. The Morgan fingerprint density at radius 1 is 1.29 bits per heavy atom. The summed E-state index contributed by atoms with van der Waals surface area (Å²) in [6.07, 6.45) is 4.84. The minimum Gasteiger partial charge on any atom is -0.504 e. The summed E-state index contributed by atoms with van der Waals surface area (Å²) in [6.45, 7) is 0. The van der Waals surface area contributed by atoms with Crippen molar-refractivity contribution >= 4 is 22.0 Å². The molecular weight excluding hydrogens is 286 g/mol. The van der Waals surface area contributed by atoms with Gasteiger partial charge in [0.25, 0.3) is 0 Å². The number of carbonyl (C=O) groups excluding carboxylic acids is 1. The van der Waals surface area contributed by atoms with Gasteiger partial charge in [-0.2, -0.15) is 4.99 Å². The number of halogens is 1. The van der Waals surface area contributed by atoms with Crippen molar-refractivity contribution in [2.45, 2.75) is 31.2 Å². The Kier molecular flexibility index (Phi) is 3.22. The maximum Gasteiger partial charge on any atom is 0.235 e. The van der Waals surface area contributed by atoms with E-state index < -0.39 is 5.54 Å². The van der Waals surface area contributed by atoms with Crippen molar-refractivity contribution in [2.75, 3.05) is 0 Å². The van der Waals surface area contributed by atoms with Crippen LogP contribution < -0.4 is 0 Å². The van der Waals surface area contributed by atoms with E-state index in [0.717, 1.165) is 12.8 Å². The largest absolute Gasteiger partial charge is 0.504 e. The van der Waals surface area contributed by atoms with Crippen molar-refractivity contribution in [1.29, 1.82) is 0 Å². The molecule has 0 radical (unpaired) electrons. The molecule has 1 aromatic rings. The van der Waals surface area contributed by atoms with Gasteiger partial charge in [0, 0.05) is 10.0 Å². The molecule has 1 saturated carbocycles. The van der Waals surface area contributed by atoms with Crippen molar-refractivity contribution < 1.29 is 15.0 Å². The topological polar surface area (TPSA) is 69.9 Å². The van der Waals surface area contributed by atoms with Crippen LogP contribution in [0.4, 0.5) is 0 Å². The van der Waals surface area contributed by atoms with Crippen molar-refractivity contribution in [3.63, 3.8) is 0 Å². The van der Waals surface area contributed by atoms with Crippen LogP contribution in [0.2, 0.25) is 0 Å². The smallest absolute Gasteiger partial charge is 0.235 e. The molecule has 2 rings (SSSR count). The molecule has 17 heavy (non-hydrogen) atoms. The Labute approximate surface area is 107 Å². The van der Waals surface area contributed by atoms with Crippen molar-refractivity contribution in [2.24, 2.45) is 4.99 Å². The third kappa shape index (κ3) is 2.08. The highest BCUT2D eigenvalue weighted by molar-refractivity contribution is 9.10. The number of isocyanates is 1. The Morgan fingerprint density at radius 2 is 1.94 bits per heavy atom. The van der Waals surface area contributed by atoms with Gasteiger partial charge in [0.1, 0.15) is 5.54 Å². The molecular formula is C12H12BrNO3. The predicted octanol–water partition coefficient (Wildman–Crippen LogP) is 2.97. The number of hydrogen-bond acceptors (Lipinski definition) is 4. The fraction of sp³-hybridized carbons (Fsp3) is 0.417. The van der Waals surface area contributed by atoms with Gasteiger partial charge in [-0.25, -0.2) is 4.79 Å². The highest BCUT2D eigenvalue weighted by atomic mass is 79.9. The molecule has 0 atom stereocenters. The number of aliphatic imine (C=N–C) groups is 1. The lowest BCUT2D eigenvalue weighted by Crippen LogP contribution is -2.19. The van der Waals surface area contributed by atoms with Gasteiger partial charge in [0.2, 0.25) is 6.08 Å². The SMILES string of the molecule is O=C=NC1(c2cc(Br)cc(O)c2O)CCCC1. The van der Waals surface area contributed by atoms with Gasteiger partial charge in [-0.1, -0.05) is 28.8 Å². The van der Waals surface area contributed by atoms with Gasteiger partial charge in [-0.15, -0.1) is 0 Å². The summed E-state index contributed by atoms with van der Waals surface area (Å²) in [6, 6.07) is 3.10. The van der Waals surface area contributed by atoms with E-state index in [-0.39, 0.29) is 11.5 Å². The van der Waals surface area contributed by atoms with Crippen LogP contribution in [0, 0.1) is 0 Å². The van der Waals surface area contributed by atoms with Crippen LogP contribution >= 0.6 is 15.9 Å². The van der Waals surface area contributed by atoms with E-state index in [2.05, 4.69) is 20.9 Å². The summed E-state index contributed by atoms with van der Waals surface area (Å²) in [5.41, 5.74) is -0.238. The summed E-state index contributed by atoms with van der Waals surface area (Å²) in [5.74, 6) is -0.407. The van der Waals surface area contributed by atoms with Crippen LogP contribution in [0.3, 0.4) is 0 Å². The van der Waals surface area contributed by atoms with Crippen molar-refractivity contribution in [3.8, 4) is 11.5 Å². The number of benzene rings is 1. The quantitative estimate of drug-likeness (QED) is 0.501. The van der Waals surface area contributed by atoms with Gasteiger partial charge < -0.3 is 10.2 Å². The summed E-state index contributed by atoms with van der Waals surface area (Å²) >= 11 is 3.26. The standard InChI is InChI=1S/C12H12BrNO3/c13-8-5-9(11(17)10(16)6-8)12(14-7-15)3-1-2-4-12/h5-6,16-17H,1-4H2. The maximum absolute atomic E-state index is 10.6. The average molecular weight is 298 g/mol. The zero-order valence-corrected chi connectivity index (χ0v) is 10.7. The monoisotopic (exact) mass is 297 g/mol. The second-order valence-electron chi connectivity index (χ2n) is 4.26. The number of phenols is 2. The number of phenolic OH excluding ortho intramolecular Hbond substituents is 2. The van der Waals surface area contributed by atoms with Gasteiger partial charge in [0.15, 0.2) is 11.5 Å². The average Bonchev–Trinajstić information content (AvgIpc) is 2.73. The Hall–Kier alpha value is -1.32. The molecule has 0 unspecified atom stereocenters. The first-order valence-electron chi connectivity index (χ1n) is 5.40. The minimum absolute atomic E-state index is 0.200. The van der Waals surface area contributed by atoms with E-state index in [1.807, 2.05) is 0 Å². The molecule has 4 nitrogen and oxygen atoms in total. The van der Waals surface area contributed by atoms with Gasteiger partial charge in [-0.3, -0.25) is 0 Å². The van der Waals surface area contributed by atoms with E-state index in [4.69, 9.17) is 0 Å². The second-order valence-corrected chi connectivity index (χ2v) is 5.18. The third-order valence-electron chi connectivity index (χ3n) is 3.25. The van der Waals surface area contributed by atoms with E-state index in [0.29, 0.717) is 22.9 Å². The highest BCUT2D eigenvalue weighted by Gasteiger charge is 2.38. The molecule has 5 heteroatoms. The molecule has 1 aromatic carbocycles. The molecule has 1 aliphatic carbocycles. The van der Waals surface area contributed by atoms with E-state index in [1.54, 1.807) is 12.1 Å². The van der Waals surface area contributed by atoms with Crippen molar-refractivity contribution in [1.82, 2.24) is 0 Å². The lowest BCUT2D eigenvalue weighted by molar-refractivity contribution is 0.373. The number of hydrogen-bond donors (Lipinski definition) is 2. The number of nitrogens with zero attached hydrogens (tertiary/aromatic N) is 1. The zero-order valence-electron chi connectivity index (χ0n) is 9.11. The van der Waals surface area contributed by atoms with E-state index in [1.165, 1.54) is 6.07 Å².